The highest BCUT2D eigenvalue weighted by atomic mass is 16.5. The molecule has 0 radical (unpaired) electrons. The maximum Gasteiger partial charge on any atom is 0.200 e. The Hall–Kier alpha value is -1.38. The normalized spacial score (nSPS) is 11.7. The summed E-state index contributed by atoms with van der Waals surface area (Å²) in [5, 5.41) is 20.3. The zero-order valence-electron chi connectivity index (χ0n) is 20.1. The Morgan fingerprint density at radius 3 is 1.57 bits per heavy atom. The Balaban J connectivity index is 2.89. The van der Waals surface area contributed by atoms with E-state index in [9.17, 15) is 10.2 Å². The molecule has 0 saturated carbocycles. The summed E-state index contributed by atoms with van der Waals surface area (Å²) in [5.41, 5.74) is -0.239. The minimum Gasteiger partial charge on any atom is -0.504 e. The first-order valence-electron chi connectivity index (χ1n) is 12.8. The van der Waals surface area contributed by atoms with Crippen LogP contribution in [0.4, 0.5) is 0 Å². The summed E-state index contributed by atoms with van der Waals surface area (Å²) < 4.78 is 6.59. The van der Waals surface area contributed by atoms with Crippen LogP contribution in [-0.2, 0) is 0 Å². The third-order valence-corrected chi connectivity index (χ3v) is 6.26. The van der Waals surface area contributed by atoms with Crippen LogP contribution < -0.4 is 4.74 Å². The van der Waals surface area contributed by atoms with Gasteiger partial charge in [0.25, 0.3) is 0 Å². The summed E-state index contributed by atoms with van der Waals surface area (Å²) >= 11 is 0. The quantitative estimate of drug-likeness (QED) is 0.173. The molecule has 0 amide bonds. The fourth-order valence-electron chi connectivity index (χ4n) is 4.33. The summed E-state index contributed by atoms with van der Waals surface area (Å²) in [6.07, 6.45) is 20.5. The van der Waals surface area contributed by atoms with Gasteiger partial charge in [-0.15, -0.1) is 0 Å². The number of ether oxygens (including phenoxy) is 1. The van der Waals surface area contributed by atoms with E-state index >= 15 is 0 Å². The van der Waals surface area contributed by atoms with E-state index in [1.165, 1.54) is 83.1 Å². The molecule has 0 fully saturated rings. The van der Waals surface area contributed by atoms with E-state index < -0.39 is 0 Å². The van der Waals surface area contributed by atoms with Gasteiger partial charge in [0.1, 0.15) is 5.60 Å². The smallest absolute Gasteiger partial charge is 0.200 e. The van der Waals surface area contributed by atoms with Gasteiger partial charge < -0.3 is 14.9 Å². The van der Waals surface area contributed by atoms with E-state index in [4.69, 9.17) is 4.74 Å². The van der Waals surface area contributed by atoms with Gasteiger partial charge in [0.2, 0.25) is 5.75 Å². The van der Waals surface area contributed by atoms with Crippen LogP contribution in [0.3, 0.4) is 0 Å². The van der Waals surface area contributed by atoms with Gasteiger partial charge in [-0.3, -0.25) is 0 Å². The van der Waals surface area contributed by atoms with Crippen molar-refractivity contribution in [2.24, 2.45) is 0 Å². The first-order chi connectivity index (χ1) is 14.6. The number of phenolic OH excluding ortho intramolecular Hbond substituents is 2. The fourth-order valence-corrected chi connectivity index (χ4v) is 4.33. The minimum atomic E-state index is -0.239. The van der Waals surface area contributed by atoms with Crippen LogP contribution in [0.1, 0.15) is 130 Å². The zero-order chi connectivity index (χ0) is 22.1. The molecular weight excluding hydrogens is 372 g/mol. The second-order valence-electron chi connectivity index (χ2n) is 9.05. The number of aromatic hydroxyl groups is 2. The monoisotopic (exact) mass is 420 g/mol. The average Bonchev–Trinajstić information content (AvgIpc) is 2.74. The van der Waals surface area contributed by atoms with E-state index in [1.807, 2.05) is 0 Å². The first-order valence-corrected chi connectivity index (χ1v) is 12.8. The molecule has 0 aliphatic rings. The largest absolute Gasteiger partial charge is 0.504 e. The van der Waals surface area contributed by atoms with Crippen molar-refractivity contribution in [2.75, 3.05) is 0 Å². The molecule has 174 valence electrons. The molecule has 0 aliphatic heterocycles. The maximum absolute atomic E-state index is 10.4. The molecule has 0 aromatic heterocycles. The number of unbranched alkanes of at least 4 members (excludes halogenated alkanes) is 11. The Kier molecular flexibility index (Phi) is 14.5. The number of hydrogen-bond donors (Lipinski definition) is 2. The Labute approximate surface area is 186 Å². The molecule has 1 aromatic rings. The highest BCUT2D eigenvalue weighted by molar-refractivity contribution is 5.49. The number of hydrogen-bond acceptors (Lipinski definition) is 3. The Morgan fingerprint density at radius 2 is 1.07 bits per heavy atom. The fraction of sp³-hybridized carbons (Fsp3) is 0.778. The van der Waals surface area contributed by atoms with Crippen LogP contribution in [-0.4, -0.2) is 15.8 Å². The second-order valence-corrected chi connectivity index (χ2v) is 9.05. The van der Waals surface area contributed by atoms with Crippen LogP contribution in [0.5, 0.6) is 17.2 Å². The number of benzene rings is 1. The highest BCUT2D eigenvalue weighted by Crippen LogP contribution is 2.41. The standard InChI is InChI=1S/C27H48O3/c1-4-7-10-13-14-17-23-27(21-15-11-8-5-2,22-16-12-9-6-3)30-25-20-18-19-24(28)26(25)29/h18-20,28-29H,4-17,21-23H2,1-3H3. The third-order valence-electron chi connectivity index (χ3n) is 6.26. The van der Waals surface area contributed by atoms with Gasteiger partial charge in [0, 0.05) is 0 Å². The van der Waals surface area contributed by atoms with Gasteiger partial charge in [-0.2, -0.15) is 0 Å². The van der Waals surface area contributed by atoms with Gasteiger partial charge >= 0.3 is 0 Å². The van der Waals surface area contributed by atoms with Crippen molar-refractivity contribution in [2.45, 2.75) is 136 Å². The van der Waals surface area contributed by atoms with E-state index in [2.05, 4.69) is 20.8 Å². The lowest BCUT2D eigenvalue weighted by Crippen LogP contribution is -2.36. The van der Waals surface area contributed by atoms with Gasteiger partial charge in [-0.25, -0.2) is 0 Å². The average molecular weight is 421 g/mol. The van der Waals surface area contributed by atoms with Crippen LogP contribution in [0.2, 0.25) is 0 Å². The molecule has 2 N–H and O–H groups in total. The summed E-state index contributed by atoms with van der Waals surface area (Å²) in [6, 6.07) is 5.07. The van der Waals surface area contributed by atoms with Crippen LogP contribution in [0.25, 0.3) is 0 Å². The van der Waals surface area contributed by atoms with Gasteiger partial charge in [-0.1, -0.05) is 97.5 Å². The first kappa shape index (κ1) is 26.7. The van der Waals surface area contributed by atoms with Crippen molar-refractivity contribution < 1.29 is 14.9 Å². The highest BCUT2D eigenvalue weighted by Gasteiger charge is 2.32. The lowest BCUT2D eigenvalue weighted by molar-refractivity contribution is 0.0305. The summed E-state index contributed by atoms with van der Waals surface area (Å²) in [4.78, 5) is 0. The molecule has 3 nitrogen and oxygen atoms in total. The van der Waals surface area contributed by atoms with Crippen molar-refractivity contribution in [3.8, 4) is 17.2 Å². The predicted octanol–water partition coefficient (Wildman–Crippen LogP) is 8.91. The molecule has 0 unspecified atom stereocenters. The number of phenols is 2. The lowest BCUT2D eigenvalue weighted by Gasteiger charge is -2.36. The van der Waals surface area contributed by atoms with E-state index in [0.29, 0.717) is 5.75 Å². The van der Waals surface area contributed by atoms with Gasteiger partial charge in [0.15, 0.2) is 11.5 Å². The molecule has 3 heteroatoms. The third kappa shape index (κ3) is 10.6. The van der Waals surface area contributed by atoms with Crippen molar-refractivity contribution in [3.05, 3.63) is 18.2 Å². The maximum atomic E-state index is 10.4. The van der Waals surface area contributed by atoms with E-state index in [0.717, 1.165) is 32.1 Å². The number of rotatable bonds is 19. The molecule has 0 heterocycles. The van der Waals surface area contributed by atoms with Crippen molar-refractivity contribution in [3.63, 3.8) is 0 Å². The van der Waals surface area contributed by atoms with Crippen LogP contribution in [0, 0.1) is 0 Å². The Bertz CT molecular complexity index is 529. The van der Waals surface area contributed by atoms with Crippen LogP contribution in [0.15, 0.2) is 18.2 Å². The lowest BCUT2D eigenvalue weighted by atomic mass is 9.84. The molecule has 1 aromatic carbocycles. The van der Waals surface area contributed by atoms with Crippen molar-refractivity contribution >= 4 is 0 Å². The summed E-state index contributed by atoms with van der Waals surface area (Å²) in [5.74, 6) is 0.219. The molecule has 0 aliphatic carbocycles. The molecular formula is C27H48O3. The van der Waals surface area contributed by atoms with Crippen LogP contribution >= 0.6 is 0 Å². The molecule has 0 spiro atoms. The van der Waals surface area contributed by atoms with Crippen molar-refractivity contribution in [1.82, 2.24) is 0 Å². The SMILES string of the molecule is CCCCCCCCC(CCCCCC)(CCCCCC)Oc1cccc(O)c1O. The topological polar surface area (TPSA) is 49.7 Å². The molecule has 30 heavy (non-hydrogen) atoms. The number of para-hydroxylation sites is 1. The Morgan fingerprint density at radius 1 is 0.633 bits per heavy atom. The minimum absolute atomic E-state index is 0.0991. The van der Waals surface area contributed by atoms with Gasteiger partial charge in [-0.05, 0) is 50.7 Å². The predicted molar refractivity (Wildman–Crippen MR) is 129 cm³/mol. The molecule has 0 saturated heterocycles. The molecule has 1 rings (SSSR count). The zero-order valence-corrected chi connectivity index (χ0v) is 20.1. The van der Waals surface area contributed by atoms with Gasteiger partial charge in [0.05, 0.1) is 0 Å². The summed E-state index contributed by atoms with van der Waals surface area (Å²) in [6.45, 7) is 6.75. The van der Waals surface area contributed by atoms with Crippen molar-refractivity contribution in [1.29, 1.82) is 0 Å². The second kappa shape index (κ2) is 16.3. The summed E-state index contributed by atoms with van der Waals surface area (Å²) in [7, 11) is 0. The molecule has 0 atom stereocenters. The molecule has 0 bridgehead atoms. The van der Waals surface area contributed by atoms with E-state index in [-0.39, 0.29) is 17.1 Å². The van der Waals surface area contributed by atoms with E-state index in [1.54, 1.807) is 12.1 Å².